The van der Waals surface area contributed by atoms with Gasteiger partial charge in [0, 0.05) is 5.56 Å². The Bertz CT molecular complexity index is 600. The molecule has 2 aliphatic carbocycles. The van der Waals surface area contributed by atoms with Crippen LogP contribution in [0.4, 0.5) is 8.78 Å². The number of ether oxygens (including phenoxy) is 2. The van der Waals surface area contributed by atoms with Gasteiger partial charge in [-0.25, -0.2) is 4.39 Å². The predicted octanol–water partition coefficient (Wildman–Crippen LogP) is 5.27. The second kappa shape index (κ2) is 6.62. The third-order valence-corrected chi connectivity index (χ3v) is 6.37. The van der Waals surface area contributed by atoms with Crippen LogP contribution in [-0.2, 0) is 4.74 Å². The van der Waals surface area contributed by atoms with Crippen molar-refractivity contribution in [3.8, 4) is 5.75 Å². The lowest BCUT2D eigenvalue weighted by Gasteiger charge is -2.21. The molecule has 0 amide bonds. The molecule has 5 unspecified atom stereocenters. The van der Waals surface area contributed by atoms with Gasteiger partial charge < -0.3 is 9.47 Å². The van der Waals surface area contributed by atoms with Crippen LogP contribution in [0, 0.1) is 35.3 Å². The van der Waals surface area contributed by atoms with Crippen LogP contribution in [-0.4, -0.2) is 13.2 Å². The van der Waals surface area contributed by atoms with E-state index in [9.17, 15) is 8.78 Å². The Morgan fingerprint density at radius 2 is 1.75 bits per heavy atom. The second-order valence-corrected chi connectivity index (χ2v) is 7.71. The first-order valence-electron chi connectivity index (χ1n) is 9.41. The van der Waals surface area contributed by atoms with Crippen LogP contribution in [0.1, 0.15) is 57.1 Å². The van der Waals surface area contributed by atoms with Gasteiger partial charge in [-0.05, 0) is 61.5 Å². The lowest BCUT2D eigenvalue weighted by Crippen LogP contribution is -2.19. The minimum atomic E-state index is -0.868. The van der Waals surface area contributed by atoms with E-state index >= 15 is 0 Å². The molecule has 0 bridgehead atoms. The van der Waals surface area contributed by atoms with Gasteiger partial charge in [0.2, 0.25) is 5.82 Å². The summed E-state index contributed by atoms with van der Waals surface area (Å²) in [5, 5.41) is 0. The van der Waals surface area contributed by atoms with Crippen LogP contribution < -0.4 is 4.74 Å². The van der Waals surface area contributed by atoms with Crippen LogP contribution in [0.2, 0.25) is 0 Å². The Balaban J connectivity index is 1.38. The van der Waals surface area contributed by atoms with E-state index in [2.05, 4.69) is 6.92 Å². The smallest absolute Gasteiger partial charge is 0.200 e. The fraction of sp³-hybridized carbons (Fsp3) is 0.700. The molecule has 1 aliphatic heterocycles. The zero-order valence-electron chi connectivity index (χ0n) is 14.3. The van der Waals surface area contributed by atoms with E-state index in [0.29, 0.717) is 30.6 Å². The summed E-state index contributed by atoms with van der Waals surface area (Å²) in [5.74, 6) is 1.27. The molecule has 4 rings (SSSR count). The van der Waals surface area contributed by atoms with E-state index in [0.717, 1.165) is 18.3 Å². The minimum Gasteiger partial charge on any atom is -0.490 e. The van der Waals surface area contributed by atoms with Crippen molar-refractivity contribution in [2.45, 2.75) is 51.6 Å². The highest BCUT2D eigenvalue weighted by molar-refractivity contribution is 5.33. The summed E-state index contributed by atoms with van der Waals surface area (Å²) in [6.45, 7) is 3.24. The molecule has 1 saturated heterocycles. The number of hydrogen-bond acceptors (Lipinski definition) is 2. The molecule has 0 N–H and O–H groups in total. The molecule has 1 heterocycles. The molecule has 1 aromatic carbocycles. The van der Waals surface area contributed by atoms with Crippen molar-refractivity contribution >= 4 is 0 Å². The maximum absolute atomic E-state index is 14.2. The minimum absolute atomic E-state index is 0.0449. The van der Waals surface area contributed by atoms with Crippen molar-refractivity contribution in [2.24, 2.45) is 23.7 Å². The Kier molecular flexibility index (Phi) is 4.50. The lowest BCUT2D eigenvalue weighted by molar-refractivity contribution is 0.194. The van der Waals surface area contributed by atoms with Gasteiger partial charge in [-0.15, -0.1) is 0 Å². The molecule has 0 aromatic heterocycles. The average molecular weight is 336 g/mol. The van der Waals surface area contributed by atoms with E-state index in [1.54, 1.807) is 12.1 Å². The van der Waals surface area contributed by atoms with Gasteiger partial charge >= 0.3 is 0 Å². The van der Waals surface area contributed by atoms with Crippen LogP contribution in [0.3, 0.4) is 0 Å². The van der Waals surface area contributed by atoms with Crippen LogP contribution in [0.5, 0.6) is 5.75 Å². The number of benzene rings is 1. The molecular weight excluding hydrogens is 310 g/mol. The predicted molar refractivity (Wildman–Crippen MR) is 87.9 cm³/mol. The summed E-state index contributed by atoms with van der Waals surface area (Å²) in [5.41, 5.74) is 0.305. The van der Waals surface area contributed by atoms with Crippen LogP contribution in [0.15, 0.2) is 12.1 Å². The van der Waals surface area contributed by atoms with Gasteiger partial charge in [0.25, 0.3) is 0 Å². The van der Waals surface area contributed by atoms with Crippen molar-refractivity contribution in [3.05, 3.63) is 29.3 Å². The fourth-order valence-corrected chi connectivity index (χ4v) is 5.11. The molecule has 3 fully saturated rings. The number of hydrogen-bond donors (Lipinski definition) is 0. The molecule has 4 heteroatoms. The van der Waals surface area contributed by atoms with E-state index in [1.807, 2.05) is 0 Å². The fourth-order valence-electron chi connectivity index (χ4n) is 5.11. The van der Waals surface area contributed by atoms with Crippen molar-refractivity contribution in [1.29, 1.82) is 0 Å². The van der Waals surface area contributed by atoms with E-state index in [1.165, 1.54) is 32.1 Å². The molecule has 2 saturated carbocycles. The lowest BCUT2D eigenvalue weighted by atomic mass is 9.87. The molecule has 1 aromatic rings. The summed E-state index contributed by atoms with van der Waals surface area (Å²) < 4.78 is 39.0. The SMILES string of the molecule is CCCC1CCC2C(COc3ccc(C4CO4)c(F)c3F)CCC12. The first kappa shape index (κ1) is 16.3. The summed E-state index contributed by atoms with van der Waals surface area (Å²) in [4.78, 5) is 0. The molecule has 24 heavy (non-hydrogen) atoms. The Morgan fingerprint density at radius 3 is 2.46 bits per heavy atom. The van der Waals surface area contributed by atoms with Gasteiger partial charge in [0.1, 0.15) is 6.10 Å². The molecule has 0 radical (unpaired) electrons. The van der Waals surface area contributed by atoms with Crippen LogP contribution >= 0.6 is 0 Å². The third-order valence-electron chi connectivity index (χ3n) is 6.37. The second-order valence-electron chi connectivity index (χ2n) is 7.71. The first-order valence-corrected chi connectivity index (χ1v) is 9.41. The zero-order chi connectivity index (χ0) is 16.7. The largest absolute Gasteiger partial charge is 0.490 e. The van der Waals surface area contributed by atoms with Gasteiger partial charge in [-0.1, -0.05) is 19.8 Å². The maximum Gasteiger partial charge on any atom is 0.200 e. The van der Waals surface area contributed by atoms with E-state index in [4.69, 9.17) is 9.47 Å². The van der Waals surface area contributed by atoms with Crippen molar-refractivity contribution < 1.29 is 18.3 Å². The molecule has 0 spiro atoms. The average Bonchev–Trinajstić information content (AvgIpc) is 3.22. The number of rotatable bonds is 6. The standard InChI is InChI=1S/C20H26F2O2/c1-2-3-12-4-6-15-13(5-7-14(12)15)10-23-17-9-8-16(18-11-24-18)19(21)20(17)22/h8-9,12-15,18H,2-7,10-11H2,1H3. The molecule has 132 valence electrons. The van der Waals surface area contributed by atoms with Gasteiger partial charge in [-0.3, -0.25) is 0 Å². The first-order chi connectivity index (χ1) is 11.7. The Hall–Kier alpha value is -1.16. The highest BCUT2D eigenvalue weighted by Crippen LogP contribution is 2.52. The number of epoxide rings is 1. The van der Waals surface area contributed by atoms with E-state index in [-0.39, 0.29) is 11.9 Å². The Labute approximate surface area is 142 Å². The normalized spacial score (nSPS) is 34.4. The third kappa shape index (κ3) is 2.94. The van der Waals surface area contributed by atoms with Gasteiger partial charge in [-0.2, -0.15) is 4.39 Å². The molecule has 2 nitrogen and oxygen atoms in total. The van der Waals surface area contributed by atoms with Crippen LogP contribution in [0.25, 0.3) is 0 Å². The summed E-state index contributed by atoms with van der Waals surface area (Å²) in [7, 11) is 0. The van der Waals surface area contributed by atoms with Crippen molar-refractivity contribution in [1.82, 2.24) is 0 Å². The quantitative estimate of drug-likeness (QED) is 0.660. The van der Waals surface area contributed by atoms with Crippen molar-refractivity contribution in [3.63, 3.8) is 0 Å². The van der Waals surface area contributed by atoms with Gasteiger partial charge in [0.05, 0.1) is 13.2 Å². The highest BCUT2D eigenvalue weighted by Gasteiger charge is 2.44. The molecule has 3 aliphatic rings. The summed E-state index contributed by atoms with van der Waals surface area (Å²) >= 11 is 0. The number of fused-ring (bicyclic) bond motifs is 1. The maximum atomic E-state index is 14.2. The van der Waals surface area contributed by atoms with Crippen molar-refractivity contribution in [2.75, 3.05) is 13.2 Å². The number of halogens is 2. The topological polar surface area (TPSA) is 21.8 Å². The molecule has 5 atom stereocenters. The summed E-state index contributed by atoms with van der Waals surface area (Å²) in [6, 6.07) is 3.14. The monoisotopic (exact) mass is 336 g/mol. The highest BCUT2D eigenvalue weighted by atomic mass is 19.2. The molecular formula is C20H26F2O2. The van der Waals surface area contributed by atoms with Gasteiger partial charge in [0.15, 0.2) is 11.6 Å². The summed E-state index contributed by atoms with van der Waals surface area (Å²) in [6.07, 6.45) is 7.36. The zero-order valence-corrected chi connectivity index (χ0v) is 14.3. The Morgan fingerprint density at radius 1 is 1.04 bits per heavy atom. The van der Waals surface area contributed by atoms with E-state index < -0.39 is 11.6 Å².